The average Bonchev–Trinajstić information content (AvgIpc) is 3.13. The number of nitrogens with one attached hydrogen (secondary N) is 1. The maximum Gasteiger partial charge on any atom is 0.407 e. The lowest BCUT2D eigenvalue weighted by Crippen LogP contribution is -2.61. The number of rotatable bonds is 8. The fourth-order valence-corrected chi connectivity index (χ4v) is 4.69. The number of aliphatic carboxylic acids is 1. The minimum absolute atomic E-state index is 0.0826. The van der Waals surface area contributed by atoms with Gasteiger partial charge in [-0.1, -0.05) is 55.5 Å². The third kappa shape index (κ3) is 4.50. The molecular weight excluding hydrogens is 436 g/mol. The summed E-state index contributed by atoms with van der Waals surface area (Å²) in [4.78, 5) is 38.5. The summed E-state index contributed by atoms with van der Waals surface area (Å²) >= 11 is 0. The van der Waals surface area contributed by atoms with E-state index in [1.807, 2.05) is 36.4 Å². The molecule has 2 aromatic rings. The Morgan fingerprint density at radius 3 is 2.12 bits per heavy atom. The topological polar surface area (TPSA) is 105 Å². The summed E-state index contributed by atoms with van der Waals surface area (Å²) in [7, 11) is 1.47. The summed E-state index contributed by atoms with van der Waals surface area (Å²) < 4.78 is 10.9. The highest BCUT2D eigenvalue weighted by Crippen LogP contribution is 2.44. The van der Waals surface area contributed by atoms with Crippen molar-refractivity contribution in [1.29, 1.82) is 0 Å². The van der Waals surface area contributed by atoms with E-state index < -0.39 is 30.1 Å². The van der Waals surface area contributed by atoms with E-state index in [1.165, 1.54) is 7.11 Å². The fourth-order valence-electron chi connectivity index (χ4n) is 4.69. The van der Waals surface area contributed by atoms with E-state index in [0.717, 1.165) is 22.3 Å². The van der Waals surface area contributed by atoms with Crippen LogP contribution in [0.5, 0.6) is 0 Å². The Morgan fingerprint density at radius 2 is 1.59 bits per heavy atom. The minimum atomic E-state index is -0.929. The molecule has 2 aromatic carbocycles. The summed E-state index contributed by atoms with van der Waals surface area (Å²) in [6.45, 7) is 4.16. The molecule has 0 bridgehead atoms. The average molecular weight is 467 g/mol. The smallest absolute Gasteiger partial charge is 0.407 e. The summed E-state index contributed by atoms with van der Waals surface area (Å²) in [5, 5.41) is 11.8. The molecule has 1 aliphatic carbocycles. The molecule has 4 rings (SSSR count). The Bertz CT molecular complexity index is 1030. The second-order valence-corrected chi connectivity index (χ2v) is 9.02. The van der Waals surface area contributed by atoms with Gasteiger partial charge < -0.3 is 24.8 Å². The highest BCUT2D eigenvalue weighted by molar-refractivity contribution is 5.87. The summed E-state index contributed by atoms with van der Waals surface area (Å²) in [6.07, 6.45) is -1.27. The van der Waals surface area contributed by atoms with Crippen molar-refractivity contribution in [2.45, 2.75) is 31.9 Å². The van der Waals surface area contributed by atoms with Crippen LogP contribution >= 0.6 is 0 Å². The van der Waals surface area contributed by atoms with Crippen LogP contribution in [0.15, 0.2) is 48.5 Å². The molecule has 2 amide bonds. The van der Waals surface area contributed by atoms with Crippen molar-refractivity contribution in [3.05, 3.63) is 59.7 Å². The molecule has 8 nitrogen and oxygen atoms in total. The normalized spacial score (nSPS) is 17.7. The summed E-state index contributed by atoms with van der Waals surface area (Å²) in [5.74, 6) is -1.90. The van der Waals surface area contributed by atoms with Crippen LogP contribution in [-0.4, -0.2) is 66.9 Å². The molecule has 2 N–H and O–H groups in total. The molecule has 8 heteroatoms. The molecule has 1 heterocycles. The molecular formula is C26H30N2O6. The number of carbonyl (C=O) groups excluding carboxylic acids is 2. The van der Waals surface area contributed by atoms with Crippen LogP contribution in [0.1, 0.15) is 30.9 Å². The second kappa shape index (κ2) is 9.85. The van der Waals surface area contributed by atoms with Crippen LogP contribution in [0.2, 0.25) is 0 Å². The van der Waals surface area contributed by atoms with Gasteiger partial charge in [-0.05, 0) is 29.2 Å². The third-order valence-electron chi connectivity index (χ3n) is 7.04. The largest absolute Gasteiger partial charge is 0.481 e. The number of ether oxygens (including phenoxy) is 2. The zero-order valence-corrected chi connectivity index (χ0v) is 19.6. The lowest BCUT2D eigenvalue weighted by molar-refractivity contribution is -0.152. The zero-order valence-electron chi connectivity index (χ0n) is 19.6. The minimum Gasteiger partial charge on any atom is -0.481 e. The first kappa shape index (κ1) is 23.8. The summed E-state index contributed by atoms with van der Waals surface area (Å²) in [6, 6.07) is 15.2. The van der Waals surface area contributed by atoms with Gasteiger partial charge in [-0.3, -0.25) is 9.59 Å². The number of carboxylic acid groups (broad SMARTS) is 1. The lowest BCUT2D eigenvalue weighted by atomic mass is 9.86. The SMILES string of the molecule is CO[C@H](C)[C@H](NC(=O)OCC1c2ccccc2-c2ccccc21)C(=O)N1CC(C(C)C(=O)O)C1. The van der Waals surface area contributed by atoms with Gasteiger partial charge >= 0.3 is 12.1 Å². The van der Waals surface area contributed by atoms with E-state index in [4.69, 9.17) is 9.47 Å². The van der Waals surface area contributed by atoms with Gasteiger partial charge in [0.1, 0.15) is 12.6 Å². The maximum atomic E-state index is 13.0. The molecule has 0 saturated carbocycles. The number of hydrogen-bond donors (Lipinski definition) is 2. The number of alkyl carbamates (subject to hydrolysis) is 1. The molecule has 180 valence electrons. The first-order valence-electron chi connectivity index (χ1n) is 11.5. The quantitative estimate of drug-likeness (QED) is 0.619. The number of benzene rings is 2. The van der Waals surface area contributed by atoms with Crippen molar-refractivity contribution >= 4 is 18.0 Å². The Hall–Kier alpha value is -3.39. The standard InChI is InChI=1S/C26H30N2O6/c1-15(25(30)31)17-12-28(13-17)24(29)23(16(2)33-3)27-26(32)34-14-22-20-10-6-4-8-18(20)19-9-5-7-11-21(19)22/h4-11,15-17,22-23H,12-14H2,1-3H3,(H,27,32)(H,30,31)/t15?,16-,23+/m1/s1. The number of amides is 2. The van der Waals surface area contributed by atoms with Gasteiger partial charge in [0.25, 0.3) is 0 Å². The van der Waals surface area contributed by atoms with Gasteiger partial charge in [0.2, 0.25) is 5.91 Å². The molecule has 1 fully saturated rings. The predicted molar refractivity (Wildman–Crippen MR) is 125 cm³/mol. The Morgan fingerprint density at radius 1 is 1.03 bits per heavy atom. The molecule has 0 aromatic heterocycles. The third-order valence-corrected chi connectivity index (χ3v) is 7.04. The maximum absolute atomic E-state index is 13.0. The number of methoxy groups -OCH3 is 1. The van der Waals surface area contributed by atoms with E-state index in [0.29, 0.717) is 13.1 Å². The number of hydrogen-bond acceptors (Lipinski definition) is 5. The van der Waals surface area contributed by atoms with Gasteiger partial charge in [-0.15, -0.1) is 0 Å². The van der Waals surface area contributed by atoms with Crippen LogP contribution in [0.3, 0.4) is 0 Å². The molecule has 0 radical (unpaired) electrons. The van der Waals surface area contributed by atoms with E-state index >= 15 is 0 Å². The van der Waals surface area contributed by atoms with Crippen molar-refractivity contribution in [2.75, 3.05) is 26.8 Å². The molecule has 1 aliphatic heterocycles. The Kier molecular flexibility index (Phi) is 6.88. The number of nitrogens with zero attached hydrogens (tertiary/aromatic N) is 1. The first-order valence-corrected chi connectivity index (χ1v) is 11.5. The van der Waals surface area contributed by atoms with Crippen LogP contribution in [0.25, 0.3) is 11.1 Å². The van der Waals surface area contributed by atoms with Crippen LogP contribution in [0, 0.1) is 11.8 Å². The van der Waals surface area contributed by atoms with E-state index in [9.17, 15) is 19.5 Å². The van der Waals surface area contributed by atoms with E-state index in [2.05, 4.69) is 17.4 Å². The van der Waals surface area contributed by atoms with Crippen LogP contribution in [-0.2, 0) is 19.1 Å². The van der Waals surface area contributed by atoms with Crippen molar-refractivity contribution in [3.8, 4) is 11.1 Å². The second-order valence-electron chi connectivity index (χ2n) is 9.02. The number of carboxylic acids is 1. The van der Waals surface area contributed by atoms with E-state index in [-0.39, 0.29) is 24.3 Å². The van der Waals surface area contributed by atoms with Gasteiger partial charge in [0.05, 0.1) is 12.0 Å². The molecule has 1 unspecified atom stereocenters. The number of likely N-dealkylation sites (tertiary alicyclic amines) is 1. The number of carbonyl (C=O) groups is 3. The van der Waals surface area contributed by atoms with Gasteiger partial charge in [-0.25, -0.2) is 4.79 Å². The molecule has 3 atom stereocenters. The van der Waals surface area contributed by atoms with Crippen molar-refractivity contribution in [1.82, 2.24) is 10.2 Å². The highest BCUT2D eigenvalue weighted by atomic mass is 16.5. The van der Waals surface area contributed by atoms with Gasteiger partial charge in [0.15, 0.2) is 0 Å². The first-order chi connectivity index (χ1) is 16.3. The zero-order chi connectivity index (χ0) is 24.4. The Labute approximate surface area is 198 Å². The van der Waals surface area contributed by atoms with E-state index in [1.54, 1.807) is 18.7 Å². The van der Waals surface area contributed by atoms with Crippen molar-refractivity contribution < 1.29 is 29.0 Å². The van der Waals surface area contributed by atoms with Gasteiger partial charge in [-0.2, -0.15) is 0 Å². The molecule has 0 spiro atoms. The van der Waals surface area contributed by atoms with Gasteiger partial charge in [0, 0.05) is 32.0 Å². The lowest BCUT2D eigenvalue weighted by Gasteiger charge is -2.43. The monoisotopic (exact) mass is 466 g/mol. The van der Waals surface area contributed by atoms with Crippen molar-refractivity contribution in [2.24, 2.45) is 11.8 Å². The Balaban J connectivity index is 1.39. The van der Waals surface area contributed by atoms with Crippen molar-refractivity contribution in [3.63, 3.8) is 0 Å². The molecule has 1 saturated heterocycles. The predicted octanol–water partition coefficient (Wildman–Crippen LogP) is 3.11. The van der Waals surface area contributed by atoms with Crippen LogP contribution < -0.4 is 5.32 Å². The highest BCUT2D eigenvalue weighted by Gasteiger charge is 2.41. The summed E-state index contributed by atoms with van der Waals surface area (Å²) in [5.41, 5.74) is 4.48. The molecule has 34 heavy (non-hydrogen) atoms. The molecule has 2 aliphatic rings. The fraction of sp³-hybridized carbons (Fsp3) is 0.423. The van der Waals surface area contributed by atoms with Crippen LogP contribution in [0.4, 0.5) is 4.79 Å². The number of fused-ring (bicyclic) bond motifs is 3.